The number of ether oxygens (including phenoxy) is 1. The molecule has 0 saturated heterocycles. The normalized spacial score (nSPS) is 15.9. The van der Waals surface area contributed by atoms with Crippen molar-refractivity contribution < 1.29 is 14.3 Å². The lowest BCUT2D eigenvalue weighted by Gasteiger charge is -2.30. The monoisotopic (exact) mass is 329 g/mol. The molecule has 1 amide bonds. The average molecular weight is 329 g/mol. The zero-order valence-corrected chi connectivity index (χ0v) is 14.4. The molecule has 2 rings (SSSR count). The highest BCUT2D eigenvalue weighted by molar-refractivity contribution is 5.92. The second kappa shape index (κ2) is 9.91. The van der Waals surface area contributed by atoms with Crippen LogP contribution in [-0.4, -0.2) is 36.5 Å². The minimum absolute atomic E-state index is 0.0188. The Morgan fingerprint density at radius 2 is 1.79 bits per heavy atom. The first-order valence-corrected chi connectivity index (χ1v) is 8.81. The lowest BCUT2D eigenvalue weighted by molar-refractivity contribution is -0.141. The number of amides is 1. The van der Waals surface area contributed by atoms with Crippen molar-refractivity contribution in [1.82, 2.24) is 4.90 Å². The summed E-state index contributed by atoms with van der Waals surface area (Å²) in [7, 11) is 1.38. The SMILES string of the molecule is COC(=O)CCN(C(=O)/C=C/c1ccccc1)C1CCCCCC1. The van der Waals surface area contributed by atoms with Crippen LogP contribution in [0.3, 0.4) is 0 Å². The van der Waals surface area contributed by atoms with E-state index >= 15 is 0 Å². The van der Waals surface area contributed by atoms with Gasteiger partial charge in [-0.1, -0.05) is 56.0 Å². The Morgan fingerprint density at radius 1 is 1.12 bits per heavy atom. The van der Waals surface area contributed by atoms with E-state index in [0.29, 0.717) is 6.54 Å². The van der Waals surface area contributed by atoms with Crippen molar-refractivity contribution in [1.29, 1.82) is 0 Å². The average Bonchev–Trinajstić information content (AvgIpc) is 2.90. The molecule has 24 heavy (non-hydrogen) atoms. The fraction of sp³-hybridized carbons (Fsp3) is 0.500. The van der Waals surface area contributed by atoms with Gasteiger partial charge < -0.3 is 9.64 Å². The molecule has 0 atom stereocenters. The summed E-state index contributed by atoms with van der Waals surface area (Å²) in [6, 6.07) is 10.0. The topological polar surface area (TPSA) is 46.6 Å². The van der Waals surface area contributed by atoms with Gasteiger partial charge in [0.15, 0.2) is 0 Å². The van der Waals surface area contributed by atoms with Gasteiger partial charge in [-0.2, -0.15) is 0 Å². The second-order valence-electron chi connectivity index (χ2n) is 6.25. The van der Waals surface area contributed by atoms with Crippen molar-refractivity contribution in [2.75, 3.05) is 13.7 Å². The van der Waals surface area contributed by atoms with Gasteiger partial charge >= 0.3 is 5.97 Å². The van der Waals surface area contributed by atoms with Gasteiger partial charge in [-0.05, 0) is 24.5 Å². The highest BCUT2D eigenvalue weighted by atomic mass is 16.5. The van der Waals surface area contributed by atoms with Crippen LogP contribution in [-0.2, 0) is 14.3 Å². The number of esters is 1. The van der Waals surface area contributed by atoms with Crippen LogP contribution >= 0.6 is 0 Å². The number of carbonyl (C=O) groups is 2. The maximum atomic E-state index is 12.7. The summed E-state index contributed by atoms with van der Waals surface area (Å²) in [6.07, 6.45) is 10.5. The third-order valence-corrected chi connectivity index (χ3v) is 4.55. The summed E-state index contributed by atoms with van der Waals surface area (Å²) in [5, 5.41) is 0. The van der Waals surface area contributed by atoms with Crippen molar-refractivity contribution in [3.05, 3.63) is 42.0 Å². The van der Waals surface area contributed by atoms with E-state index in [0.717, 1.165) is 31.2 Å². The molecule has 1 aromatic carbocycles. The number of rotatable bonds is 6. The predicted octanol–water partition coefficient (Wildman–Crippen LogP) is 3.81. The highest BCUT2D eigenvalue weighted by Gasteiger charge is 2.23. The summed E-state index contributed by atoms with van der Waals surface area (Å²) in [6.45, 7) is 0.426. The van der Waals surface area contributed by atoms with E-state index in [4.69, 9.17) is 4.74 Å². The maximum Gasteiger partial charge on any atom is 0.307 e. The molecule has 0 radical (unpaired) electrons. The molecule has 0 aromatic heterocycles. The van der Waals surface area contributed by atoms with E-state index in [2.05, 4.69) is 0 Å². The third kappa shape index (κ3) is 5.84. The quantitative estimate of drug-likeness (QED) is 0.453. The van der Waals surface area contributed by atoms with E-state index < -0.39 is 0 Å². The molecule has 0 heterocycles. The number of hydrogen-bond donors (Lipinski definition) is 0. The van der Waals surface area contributed by atoms with Crippen LogP contribution in [0.4, 0.5) is 0 Å². The van der Waals surface area contributed by atoms with Crippen molar-refractivity contribution in [2.24, 2.45) is 0 Å². The Balaban J connectivity index is 2.06. The molecular weight excluding hydrogens is 302 g/mol. The van der Waals surface area contributed by atoms with Crippen LogP contribution in [0.1, 0.15) is 50.5 Å². The van der Waals surface area contributed by atoms with Crippen molar-refractivity contribution >= 4 is 18.0 Å². The van der Waals surface area contributed by atoms with Crippen LogP contribution in [0.2, 0.25) is 0 Å². The van der Waals surface area contributed by atoms with Gasteiger partial charge in [0.25, 0.3) is 0 Å². The van der Waals surface area contributed by atoms with Crippen LogP contribution in [0, 0.1) is 0 Å². The van der Waals surface area contributed by atoms with E-state index in [1.54, 1.807) is 6.08 Å². The molecule has 4 heteroatoms. The van der Waals surface area contributed by atoms with Crippen LogP contribution in [0.5, 0.6) is 0 Å². The first-order chi connectivity index (χ1) is 11.7. The van der Waals surface area contributed by atoms with E-state index in [9.17, 15) is 9.59 Å². The minimum atomic E-state index is -0.270. The maximum absolute atomic E-state index is 12.7. The van der Waals surface area contributed by atoms with Gasteiger partial charge in [0.05, 0.1) is 13.5 Å². The van der Waals surface area contributed by atoms with Crippen LogP contribution in [0.15, 0.2) is 36.4 Å². The first-order valence-electron chi connectivity index (χ1n) is 8.81. The van der Waals surface area contributed by atoms with E-state index in [1.807, 2.05) is 41.3 Å². The summed E-state index contributed by atoms with van der Waals surface area (Å²) in [5.41, 5.74) is 1.000. The Hall–Kier alpha value is -2.10. The number of methoxy groups -OCH3 is 1. The van der Waals surface area contributed by atoms with Crippen molar-refractivity contribution in [3.63, 3.8) is 0 Å². The lowest BCUT2D eigenvalue weighted by Crippen LogP contribution is -2.40. The Bertz CT molecular complexity index is 545. The largest absolute Gasteiger partial charge is 0.469 e. The highest BCUT2D eigenvalue weighted by Crippen LogP contribution is 2.22. The molecule has 0 N–H and O–H groups in total. The number of hydrogen-bond acceptors (Lipinski definition) is 3. The predicted molar refractivity (Wildman–Crippen MR) is 95.3 cm³/mol. The summed E-state index contributed by atoms with van der Waals surface area (Å²) in [5.74, 6) is -0.289. The van der Waals surface area contributed by atoms with Gasteiger partial charge in [-0.25, -0.2) is 0 Å². The van der Waals surface area contributed by atoms with E-state index in [1.165, 1.54) is 20.0 Å². The molecule has 1 aliphatic rings. The van der Waals surface area contributed by atoms with Gasteiger partial charge in [-0.15, -0.1) is 0 Å². The molecule has 0 aliphatic heterocycles. The van der Waals surface area contributed by atoms with E-state index in [-0.39, 0.29) is 24.3 Å². The van der Waals surface area contributed by atoms with Gasteiger partial charge in [0.2, 0.25) is 5.91 Å². The standard InChI is InChI=1S/C20H27NO3/c1-24-20(23)15-16-21(18-11-7-2-3-8-12-18)19(22)14-13-17-9-5-4-6-10-17/h4-6,9-10,13-14,18H,2-3,7-8,11-12,15-16H2,1H3/b14-13+. The fourth-order valence-electron chi connectivity index (χ4n) is 3.18. The molecule has 130 valence electrons. The molecule has 0 spiro atoms. The molecule has 1 aliphatic carbocycles. The van der Waals surface area contributed by atoms with Crippen molar-refractivity contribution in [3.8, 4) is 0 Å². The molecule has 4 nitrogen and oxygen atoms in total. The molecule has 0 bridgehead atoms. The number of benzene rings is 1. The molecular formula is C20H27NO3. The summed E-state index contributed by atoms with van der Waals surface area (Å²) in [4.78, 5) is 26.1. The van der Waals surface area contributed by atoms with Crippen LogP contribution in [0.25, 0.3) is 6.08 Å². The van der Waals surface area contributed by atoms with Crippen molar-refractivity contribution in [2.45, 2.75) is 51.0 Å². The molecule has 1 fully saturated rings. The van der Waals surface area contributed by atoms with Crippen LogP contribution < -0.4 is 0 Å². The zero-order chi connectivity index (χ0) is 17.2. The molecule has 0 unspecified atom stereocenters. The lowest BCUT2D eigenvalue weighted by atomic mass is 10.1. The molecule has 1 aromatic rings. The summed E-state index contributed by atoms with van der Waals surface area (Å²) < 4.78 is 4.73. The first kappa shape index (κ1) is 18.2. The zero-order valence-electron chi connectivity index (χ0n) is 14.4. The molecule has 1 saturated carbocycles. The fourth-order valence-corrected chi connectivity index (χ4v) is 3.18. The van der Waals surface area contributed by atoms with Gasteiger partial charge in [-0.3, -0.25) is 9.59 Å². The van der Waals surface area contributed by atoms with Gasteiger partial charge in [0, 0.05) is 18.7 Å². The van der Waals surface area contributed by atoms with Gasteiger partial charge in [0.1, 0.15) is 0 Å². The second-order valence-corrected chi connectivity index (χ2v) is 6.25. The summed E-state index contributed by atoms with van der Waals surface area (Å²) >= 11 is 0. The Kier molecular flexibility index (Phi) is 7.53. The number of nitrogens with zero attached hydrogens (tertiary/aromatic N) is 1. The minimum Gasteiger partial charge on any atom is -0.469 e. The Labute approximate surface area is 144 Å². The third-order valence-electron chi connectivity index (χ3n) is 4.55. The number of carbonyl (C=O) groups excluding carboxylic acids is 2. The Morgan fingerprint density at radius 3 is 2.42 bits per heavy atom. The smallest absolute Gasteiger partial charge is 0.307 e.